The second kappa shape index (κ2) is 58.7. The predicted molar refractivity (Wildman–Crippen MR) is 580 cm³/mol. The van der Waals surface area contributed by atoms with Gasteiger partial charge in [-0.05, 0) is 204 Å². The second-order valence-corrected chi connectivity index (χ2v) is 33.1. The molecule has 4 atom stereocenters. The van der Waals surface area contributed by atoms with Crippen LogP contribution in [-0.2, 0) is 80.4 Å². The molecule has 1 aliphatic carbocycles. The number of aromatic nitrogens is 4. The molecule has 0 saturated heterocycles. The Morgan fingerprint density at radius 2 is 1.29 bits per heavy atom. The molecule has 10 aromatic carbocycles. The Labute approximate surface area is 929 Å². The number of thiophene rings is 4. The fourth-order valence-corrected chi connectivity index (χ4v) is 18.4. The van der Waals surface area contributed by atoms with Gasteiger partial charge in [-0.2, -0.15) is 77.0 Å². The van der Waals surface area contributed by atoms with Crippen LogP contribution in [0.3, 0.4) is 0 Å². The zero-order valence-electron chi connectivity index (χ0n) is 106. The molecule has 8 nitrogen and oxygen atoms in total. The topological polar surface area (TPSA) is 111 Å². The molecule has 0 amide bonds. The van der Waals surface area contributed by atoms with E-state index in [0.717, 1.165) is 120 Å². The second-order valence-electron chi connectivity index (χ2n) is 28.8. The van der Waals surface area contributed by atoms with Crippen LogP contribution in [0.5, 0.6) is 0 Å². The van der Waals surface area contributed by atoms with Crippen LogP contribution >= 0.6 is 45.3 Å². The van der Waals surface area contributed by atoms with Crippen molar-refractivity contribution >= 4 is 156 Å². The fraction of sp³-hybridized carbons (Fsp3) is 0.131. The van der Waals surface area contributed by atoms with Crippen molar-refractivity contribution < 1.29 is 124 Å². The summed E-state index contributed by atoms with van der Waals surface area (Å²) in [6.45, 7) is 6.11. The number of hydrogen-bond acceptors (Lipinski definition) is 11. The minimum Gasteiger partial charge on any atom is -0.855 e. The third kappa shape index (κ3) is 31.6. The minimum atomic E-state index is -2.39. The van der Waals surface area contributed by atoms with Crippen LogP contribution < -0.4 is 0 Å². The van der Waals surface area contributed by atoms with Crippen molar-refractivity contribution in [3.8, 4) is 11.3 Å². The molecule has 16 heteroatoms. The number of rotatable bonds is 14. The molecule has 4 aliphatic rings. The largest absolute Gasteiger partial charge is 3.00 e. The van der Waals surface area contributed by atoms with Crippen LogP contribution in [0.1, 0.15) is 190 Å². The molecule has 3 radical (unpaired) electrons. The summed E-state index contributed by atoms with van der Waals surface area (Å²) in [6.07, 6.45) is 23.2. The summed E-state index contributed by atoms with van der Waals surface area (Å²) >= 11 is 6.76. The SMILES string of the molecule is C=C/C=C\C(=[N-])c1[c-]cccc1.Cc1cccc2c1sc1c[c-]ccc12.[2H]C([2H])[2H].[2H]C1=C([2H])C([2H])C([2H])C(c2[c-]cccc2)=N1.[2H]C1C(C([2H])([2H])[2H])=CN=C(c2[c-]ccc3c2sc2ccccc23)C1[2H].[2H]C=C([2H])C([2H])=[C-]C(=C[2H])c1nc([2H])c([2H])c([2H])c1[2H].[2H]c1ccnc(-c2[c-]ccc3c2sc2c(C4([2H])CCCCC4)cccc23)c1[2H].[2H]c1cncc(C([2H])([2H])[2H])c1[2H].[2H]c1nc(C(=C)[C-]=Cc2cc3ccccc3s2)c([2H])c([2H])c1[2H].[Ir+3].[Ir].[Ir].[Ir].[c-]1ccccc1C1=NC=CCC1. The molecule has 8 aromatic heterocycles. The number of allylic oxidation sites excluding steroid dienone is 12. The molecule has 18 aromatic rings. The van der Waals surface area contributed by atoms with Crippen LogP contribution in [0.15, 0.2) is 412 Å². The molecule has 0 bridgehead atoms. The van der Waals surface area contributed by atoms with Crippen molar-refractivity contribution in [1.29, 1.82) is 0 Å². The van der Waals surface area contributed by atoms with E-state index in [1.807, 2.05) is 115 Å². The van der Waals surface area contributed by atoms with E-state index in [0.29, 0.717) is 45.9 Å². The van der Waals surface area contributed by atoms with Gasteiger partial charge in [-0.25, -0.2) is 17.0 Å². The van der Waals surface area contributed by atoms with Crippen molar-refractivity contribution in [2.45, 2.75) is 104 Å². The number of pyridine rings is 4. The van der Waals surface area contributed by atoms with Crippen LogP contribution in [0.25, 0.3) is 104 Å². The zero-order valence-corrected chi connectivity index (χ0v) is 86.8. The molecule has 4 unspecified atom stereocenters. The first-order chi connectivity index (χ1) is 79.2. The van der Waals surface area contributed by atoms with Gasteiger partial charge in [0.15, 0.2) is 0 Å². The van der Waals surface area contributed by atoms with Crippen LogP contribution in [0.4, 0.5) is 0 Å². The van der Waals surface area contributed by atoms with Gasteiger partial charge in [-0.1, -0.05) is 200 Å². The molecule has 11 heterocycles. The molecule has 138 heavy (non-hydrogen) atoms. The van der Waals surface area contributed by atoms with E-state index >= 15 is 0 Å². The van der Waals surface area contributed by atoms with Crippen LogP contribution in [0, 0.1) is 62.3 Å². The van der Waals surface area contributed by atoms with Crippen molar-refractivity contribution in [3.63, 3.8) is 0 Å². The number of fused-ring (bicyclic) bond motifs is 10. The van der Waals surface area contributed by atoms with E-state index in [2.05, 4.69) is 176 Å². The van der Waals surface area contributed by atoms with Gasteiger partial charge in [0.2, 0.25) is 0 Å². The molecular formula is C122H105Ir4N8S4-6. The third-order valence-corrected chi connectivity index (χ3v) is 24.8. The standard InChI is InChI=1S/C23H20NS.C18H14NS.C17H12NS.C13H9S.3C11H10N.C11H9N.C6H7N.CH4.4Ir/c1-2-8-16(9-3-1)17-10-6-11-18-19-12-7-13-20(23(19)25-22(17)18)21-14-4-5-15-24-21;1-12-9-10-16(19-11-12)15-7-4-6-14-13-5-2-3-8-17(13)20-18(14)15;1-13(16-7-4-5-11-18-16)9-10-15-12-14-6-2-3-8-17(14)19-15;1-9-5-4-7-11-10-6-2-3-8-12(10)14-13(9)11;2*1-2-6-10(7-3-1)11-8-4-5-9-12-11;1-3-4-7-10(2)11-8-5-6-9-12-11;1-2-3-9-11(12)10-7-5-4-6-8-10;1-6-3-2-4-7-5-6;;;;;/h4-7,10-12,14-16H,1-3,8-9H2;2-6,8,11H,9-10H2,1H3;2-8,10-12H,1H2;2,4-8H,1H3;2*1-3,5-6,9H,4,8H2;3-6,8-9H,1-2H2;2-7,9H,1H2;2-5H,1H3;1H4;;;;/q7*-1;-2;;;;;;+3/b;;;;;;;9-3-;;;;;;/i4D,14D,16D;1D3,9D,10D;4D,5D,7D,11D;;4D,5D,8D,9D;;1D,2D,3D,4D,5D,6D,8D,9D;;1D3,2D,3D;1D3;;;;. The Kier molecular flexibility index (Phi) is 30.4. The summed E-state index contributed by atoms with van der Waals surface area (Å²) in [5.41, 5.74) is 8.83. The minimum absolute atomic E-state index is 0. The molecule has 1 fully saturated rings. The summed E-state index contributed by atoms with van der Waals surface area (Å²) in [5, 5.41) is 17.8. The van der Waals surface area contributed by atoms with Gasteiger partial charge < -0.3 is 35.3 Å². The summed E-state index contributed by atoms with van der Waals surface area (Å²) in [4.78, 5) is 28.9. The molecule has 0 spiro atoms. The number of nitrogens with zero attached hydrogens (tertiary/aromatic N) is 8. The normalized spacial score (nSPS) is 19.1. The maximum Gasteiger partial charge on any atom is 3.00 e. The van der Waals surface area contributed by atoms with Gasteiger partial charge in [0.1, 0.15) is 0 Å². The zero-order chi connectivity index (χ0) is 120. The van der Waals surface area contributed by atoms with Gasteiger partial charge >= 0.3 is 20.1 Å². The number of aryl methyl sites for hydroxylation is 2. The first kappa shape index (κ1) is 71.5. The first-order valence-corrected chi connectivity index (χ1v) is 45.2. The van der Waals surface area contributed by atoms with Crippen molar-refractivity contribution in [2.75, 3.05) is 0 Å². The van der Waals surface area contributed by atoms with Crippen molar-refractivity contribution in [1.82, 2.24) is 19.9 Å². The predicted octanol–water partition coefficient (Wildman–Crippen LogP) is 33.7. The molecular weight excluding hydrogens is 2470 g/mol. The average molecular weight is 2610 g/mol. The average Bonchev–Trinajstić information content (AvgIpc) is 1.58. The molecule has 0 N–H and O–H groups in total. The molecule has 1 saturated carbocycles. The third-order valence-electron chi connectivity index (χ3n) is 19.9. The Morgan fingerprint density at radius 1 is 0.609 bits per heavy atom. The van der Waals surface area contributed by atoms with E-state index in [-0.39, 0.29) is 175 Å². The summed E-state index contributed by atoms with van der Waals surface area (Å²) in [6, 6.07) is 83.7. The van der Waals surface area contributed by atoms with E-state index in [1.165, 1.54) is 53.1 Å². The Balaban J connectivity index is 0.000000211. The summed E-state index contributed by atoms with van der Waals surface area (Å²) in [7, 11) is -1.42. The number of aliphatic imine (C=N–C) groups is 3. The summed E-state index contributed by atoms with van der Waals surface area (Å²) < 4.78 is 246. The summed E-state index contributed by atoms with van der Waals surface area (Å²) in [5.74, 6) is -0.511. The van der Waals surface area contributed by atoms with Gasteiger partial charge in [0.25, 0.3) is 0 Å². The Bertz CT molecular complexity index is 8930. The van der Waals surface area contributed by atoms with E-state index in [4.69, 9.17) is 43.9 Å². The smallest absolute Gasteiger partial charge is 0.855 e. The maximum atomic E-state index is 9.40. The monoisotopic (exact) mass is 2610 g/mol. The Hall–Kier alpha value is -11.9. The molecule has 22 rings (SSSR count). The van der Waals surface area contributed by atoms with Gasteiger partial charge in [0.05, 0.1) is 19.2 Å². The molecule has 699 valence electrons. The van der Waals surface area contributed by atoms with E-state index in [9.17, 15) is 5.41 Å². The maximum absolute atomic E-state index is 9.40. The fourth-order valence-electron chi connectivity index (χ4n) is 13.7. The molecule has 3 aliphatic heterocycles. The first-order valence-electron chi connectivity index (χ1n) is 58.6. The van der Waals surface area contributed by atoms with Gasteiger partial charge in [0, 0.05) is 151 Å². The van der Waals surface area contributed by atoms with E-state index in [1.54, 1.807) is 113 Å². The van der Waals surface area contributed by atoms with Crippen molar-refractivity contribution in [2.24, 2.45) is 15.0 Å². The van der Waals surface area contributed by atoms with Gasteiger partial charge in [-0.3, -0.25) is 4.98 Å². The van der Waals surface area contributed by atoms with Crippen LogP contribution in [-0.4, -0.2) is 42.8 Å². The van der Waals surface area contributed by atoms with Crippen molar-refractivity contribution in [3.05, 3.63) is 506 Å². The quantitative estimate of drug-likeness (QED) is 0.0613. The number of hydrogen-bond donors (Lipinski definition) is 0. The van der Waals surface area contributed by atoms with E-state index < -0.39 is 88.9 Å². The number of benzene rings is 10. The Morgan fingerprint density at radius 3 is 2.01 bits per heavy atom. The van der Waals surface area contributed by atoms with Gasteiger partial charge in [-0.15, -0.1) is 209 Å². The van der Waals surface area contributed by atoms with Crippen LogP contribution in [0.2, 0.25) is 0 Å².